The standard InChI is InChI=1S/C24H34O6/c1-14(2)7-9-20(28-16(4)25)19-13-27-23(29-17(5)26)22-15(3)8-10-21-24(6,30-21)12-11-18(19)22/h7,13,18,20-23H,3,8-12H2,1-2,4-6H3/t18-,20?,21-,22+,23+,24+/m1/s1. The number of ether oxygens (including phenoxy) is 4. The van der Waals surface area contributed by atoms with Crippen LogP contribution in [0.2, 0.25) is 0 Å². The molecule has 0 amide bonds. The molecule has 3 rings (SSSR count). The molecule has 0 bridgehead atoms. The van der Waals surface area contributed by atoms with E-state index in [1.807, 2.05) is 13.8 Å². The average Bonchev–Trinajstić information content (AvgIpc) is 3.29. The maximum Gasteiger partial charge on any atom is 0.305 e. The Balaban J connectivity index is 1.96. The Morgan fingerprint density at radius 2 is 2.00 bits per heavy atom. The van der Waals surface area contributed by atoms with E-state index in [2.05, 4.69) is 19.6 Å². The van der Waals surface area contributed by atoms with Crippen LogP contribution >= 0.6 is 0 Å². The number of allylic oxidation sites excluding steroid dienone is 1. The van der Waals surface area contributed by atoms with E-state index < -0.39 is 12.4 Å². The molecule has 0 aromatic heterocycles. The number of hydrogen-bond acceptors (Lipinski definition) is 6. The highest BCUT2D eigenvalue weighted by atomic mass is 16.7. The molecule has 166 valence electrons. The van der Waals surface area contributed by atoms with Gasteiger partial charge >= 0.3 is 11.9 Å². The Labute approximate surface area is 179 Å². The normalized spacial score (nSPS) is 33.8. The predicted molar refractivity (Wildman–Crippen MR) is 112 cm³/mol. The van der Waals surface area contributed by atoms with Crippen LogP contribution in [0, 0.1) is 11.8 Å². The molecule has 2 aliphatic heterocycles. The maximum absolute atomic E-state index is 11.8. The second kappa shape index (κ2) is 8.96. The van der Waals surface area contributed by atoms with Crippen molar-refractivity contribution in [2.45, 2.75) is 90.8 Å². The van der Waals surface area contributed by atoms with Crippen LogP contribution in [0.15, 0.2) is 35.6 Å². The predicted octanol–water partition coefficient (Wildman–Crippen LogP) is 4.60. The first-order valence-electron chi connectivity index (χ1n) is 10.8. The molecule has 1 aliphatic carbocycles. The Kier molecular flexibility index (Phi) is 6.75. The molecule has 6 nitrogen and oxygen atoms in total. The van der Waals surface area contributed by atoms with E-state index in [1.165, 1.54) is 13.8 Å². The SMILES string of the molecule is C=C1CC[C@H]2O[C@@]2(C)CC[C@@H]2C(C(CC=C(C)C)OC(C)=O)=CO[C@@H](OC(C)=O)[C@@H]12. The topological polar surface area (TPSA) is 74.4 Å². The van der Waals surface area contributed by atoms with Gasteiger partial charge in [-0.25, -0.2) is 0 Å². The summed E-state index contributed by atoms with van der Waals surface area (Å²) in [7, 11) is 0. The van der Waals surface area contributed by atoms with Gasteiger partial charge in [-0.3, -0.25) is 9.59 Å². The quantitative estimate of drug-likeness (QED) is 0.369. The van der Waals surface area contributed by atoms with E-state index in [9.17, 15) is 9.59 Å². The van der Waals surface area contributed by atoms with Crippen LogP contribution in [0.25, 0.3) is 0 Å². The lowest BCUT2D eigenvalue weighted by molar-refractivity contribution is -0.181. The minimum atomic E-state index is -0.715. The molecular weight excluding hydrogens is 384 g/mol. The fourth-order valence-corrected chi connectivity index (χ4v) is 4.71. The second-order valence-corrected chi connectivity index (χ2v) is 9.13. The van der Waals surface area contributed by atoms with Gasteiger partial charge in [0.15, 0.2) is 0 Å². The second-order valence-electron chi connectivity index (χ2n) is 9.13. The maximum atomic E-state index is 11.8. The van der Waals surface area contributed by atoms with Gasteiger partial charge in [0.1, 0.15) is 6.10 Å². The molecule has 0 N–H and O–H groups in total. The summed E-state index contributed by atoms with van der Waals surface area (Å²) in [5.41, 5.74) is 2.94. The summed E-state index contributed by atoms with van der Waals surface area (Å²) in [5.74, 6) is -0.909. The molecule has 6 heteroatoms. The lowest BCUT2D eigenvalue weighted by Gasteiger charge is -2.40. The van der Waals surface area contributed by atoms with Crippen LogP contribution < -0.4 is 0 Å². The lowest BCUT2D eigenvalue weighted by atomic mass is 9.74. The molecule has 30 heavy (non-hydrogen) atoms. The van der Waals surface area contributed by atoms with Crippen molar-refractivity contribution in [1.82, 2.24) is 0 Å². The van der Waals surface area contributed by atoms with Crippen LogP contribution in [0.5, 0.6) is 0 Å². The van der Waals surface area contributed by atoms with E-state index >= 15 is 0 Å². The summed E-state index contributed by atoms with van der Waals surface area (Å²) < 4.78 is 23.1. The zero-order chi connectivity index (χ0) is 22.1. The fourth-order valence-electron chi connectivity index (χ4n) is 4.71. The molecule has 6 atom stereocenters. The van der Waals surface area contributed by atoms with Gasteiger partial charge < -0.3 is 18.9 Å². The molecule has 2 heterocycles. The molecular formula is C24H34O6. The van der Waals surface area contributed by atoms with E-state index in [4.69, 9.17) is 18.9 Å². The molecule has 0 aromatic rings. The van der Waals surface area contributed by atoms with Crippen molar-refractivity contribution in [3.8, 4) is 0 Å². The average molecular weight is 419 g/mol. The number of hydrogen-bond donors (Lipinski definition) is 0. The summed E-state index contributed by atoms with van der Waals surface area (Å²) in [6, 6.07) is 0. The third kappa shape index (κ3) is 5.15. The minimum Gasteiger partial charge on any atom is -0.462 e. The van der Waals surface area contributed by atoms with E-state index in [0.717, 1.165) is 42.4 Å². The first kappa shape index (κ1) is 22.6. The van der Waals surface area contributed by atoms with E-state index in [-0.39, 0.29) is 35.5 Å². The van der Waals surface area contributed by atoms with Crippen molar-refractivity contribution in [2.75, 3.05) is 0 Å². The molecule has 0 spiro atoms. The Hall–Kier alpha value is -2.08. The highest BCUT2D eigenvalue weighted by Crippen LogP contribution is 2.50. The Morgan fingerprint density at radius 1 is 1.27 bits per heavy atom. The highest BCUT2D eigenvalue weighted by molar-refractivity contribution is 5.67. The van der Waals surface area contributed by atoms with E-state index in [1.54, 1.807) is 6.26 Å². The third-order valence-electron chi connectivity index (χ3n) is 6.38. The summed E-state index contributed by atoms with van der Waals surface area (Å²) in [6.07, 6.45) is 6.74. The van der Waals surface area contributed by atoms with E-state index in [0.29, 0.717) is 6.42 Å². The zero-order valence-corrected chi connectivity index (χ0v) is 18.7. The van der Waals surface area contributed by atoms with Gasteiger partial charge in [-0.2, -0.15) is 0 Å². The van der Waals surface area contributed by atoms with Crippen LogP contribution in [-0.2, 0) is 28.5 Å². The van der Waals surface area contributed by atoms with Crippen molar-refractivity contribution in [3.63, 3.8) is 0 Å². The monoisotopic (exact) mass is 418 g/mol. The van der Waals surface area contributed by atoms with Gasteiger partial charge in [0, 0.05) is 31.8 Å². The Morgan fingerprint density at radius 3 is 2.63 bits per heavy atom. The molecule has 1 unspecified atom stereocenters. The lowest BCUT2D eigenvalue weighted by Crippen LogP contribution is -2.41. The fraction of sp³-hybridized carbons (Fsp3) is 0.667. The molecule has 1 saturated carbocycles. The molecule has 1 saturated heterocycles. The van der Waals surface area contributed by atoms with Gasteiger partial charge in [0.2, 0.25) is 6.29 Å². The summed E-state index contributed by atoms with van der Waals surface area (Å²) >= 11 is 0. The Bertz CT molecular complexity index is 762. The van der Waals surface area contributed by atoms with Crippen LogP contribution in [0.1, 0.15) is 66.7 Å². The van der Waals surface area contributed by atoms with Gasteiger partial charge in [0.25, 0.3) is 0 Å². The summed E-state index contributed by atoms with van der Waals surface area (Å²) in [4.78, 5) is 23.6. The van der Waals surface area contributed by atoms with Gasteiger partial charge in [-0.1, -0.05) is 23.8 Å². The first-order valence-corrected chi connectivity index (χ1v) is 10.8. The highest BCUT2D eigenvalue weighted by Gasteiger charge is 2.54. The van der Waals surface area contributed by atoms with Crippen molar-refractivity contribution in [2.24, 2.45) is 11.8 Å². The number of esters is 2. The summed E-state index contributed by atoms with van der Waals surface area (Å²) in [5, 5.41) is 0. The van der Waals surface area contributed by atoms with Crippen molar-refractivity contribution in [3.05, 3.63) is 35.6 Å². The molecule has 2 fully saturated rings. The number of carbonyl (C=O) groups is 2. The van der Waals surface area contributed by atoms with Gasteiger partial charge in [-0.05, 0) is 46.5 Å². The van der Waals surface area contributed by atoms with Crippen molar-refractivity contribution >= 4 is 11.9 Å². The van der Waals surface area contributed by atoms with Crippen molar-refractivity contribution in [1.29, 1.82) is 0 Å². The largest absolute Gasteiger partial charge is 0.462 e. The zero-order valence-electron chi connectivity index (χ0n) is 18.7. The van der Waals surface area contributed by atoms with Gasteiger partial charge in [-0.15, -0.1) is 0 Å². The number of fused-ring (bicyclic) bond motifs is 2. The van der Waals surface area contributed by atoms with Crippen LogP contribution in [0.4, 0.5) is 0 Å². The number of epoxide rings is 1. The van der Waals surface area contributed by atoms with Crippen LogP contribution in [0.3, 0.4) is 0 Å². The third-order valence-corrected chi connectivity index (χ3v) is 6.38. The molecule has 3 aliphatic rings. The van der Waals surface area contributed by atoms with Crippen molar-refractivity contribution < 1.29 is 28.5 Å². The van der Waals surface area contributed by atoms with Gasteiger partial charge in [0.05, 0.1) is 23.9 Å². The molecule has 0 aromatic carbocycles. The first-order chi connectivity index (χ1) is 14.1. The number of carbonyl (C=O) groups excluding carboxylic acids is 2. The summed E-state index contributed by atoms with van der Waals surface area (Å²) in [6.45, 7) is 13.3. The number of rotatable bonds is 5. The van der Waals surface area contributed by atoms with Crippen LogP contribution in [-0.4, -0.2) is 36.0 Å². The minimum absolute atomic E-state index is 0.00899. The smallest absolute Gasteiger partial charge is 0.305 e. The molecule has 0 radical (unpaired) electrons.